The van der Waals surface area contributed by atoms with Crippen molar-refractivity contribution >= 4 is 15.9 Å². The standard InChI is InChI=1S/C13H10BrF4N3/c14-8-3-7(4-9(15)5-8)12(21-19)10-6-20-2-1-11(10)13(16,17)18/h1-6,12,21H,19H2. The number of nitrogens with one attached hydrogen (secondary N) is 1. The Balaban J connectivity index is 2.57. The summed E-state index contributed by atoms with van der Waals surface area (Å²) in [6.45, 7) is 0. The van der Waals surface area contributed by atoms with Crippen molar-refractivity contribution in [2.24, 2.45) is 5.84 Å². The molecule has 3 N–H and O–H groups in total. The van der Waals surface area contributed by atoms with Gasteiger partial charge in [-0.05, 0) is 29.8 Å². The molecule has 0 radical (unpaired) electrons. The molecule has 0 saturated heterocycles. The number of hydrogen-bond donors (Lipinski definition) is 2. The molecule has 21 heavy (non-hydrogen) atoms. The summed E-state index contributed by atoms with van der Waals surface area (Å²) in [6.07, 6.45) is -2.45. The van der Waals surface area contributed by atoms with E-state index in [4.69, 9.17) is 5.84 Å². The quantitative estimate of drug-likeness (QED) is 0.498. The maximum absolute atomic E-state index is 13.4. The minimum atomic E-state index is -4.56. The van der Waals surface area contributed by atoms with E-state index in [1.54, 1.807) is 0 Å². The highest BCUT2D eigenvalue weighted by Crippen LogP contribution is 2.36. The Hall–Kier alpha value is -1.51. The van der Waals surface area contributed by atoms with E-state index in [0.717, 1.165) is 24.5 Å². The molecule has 0 amide bonds. The number of nitrogens with zero attached hydrogens (tertiary/aromatic N) is 1. The van der Waals surface area contributed by atoms with Gasteiger partial charge < -0.3 is 0 Å². The lowest BCUT2D eigenvalue weighted by Gasteiger charge is -2.21. The highest BCUT2D eigenvalue weighted by Gasteiger charge is 2.35. The van der Waals surface area contributed by atoms with Gasteiger partial charge in [0.05, 0.1) is 11.6 Å². The van der Waals surface area contributed by atoms with E-state index in [1.165, 1.54) is 12.1 Å². The molecule has 0 aliphatic rings. The molecule has 112 valence electrons. The lowest BCUT2D eigenvalue weighted by molar-refractivity contribution is -0.138. The third-order valence-corrected chi connectivity index (χ3v) is 3.31. The Morgan fingerprint density at radius 1 is 1.24 bits per heavy atom. The van der Waals surface area contributed by atoms with E-state index in [-0.39, 0.29) is 11.1 Å². The zero-order valence-corrected chi connectivity index (χ0v) is 12.0. The van der Waals surface area contributed by atoms with Crippen molar-refractivity contribution in [3.8, 4) is 0 Å². The number of hydrazine groups is 1. The van der Waals surface area contributed by atoms with Gasteiger partial charge >= 0.3 is 6.18 Å². The first kappa shape index (κ1) is 15.9. The molecule has 1 unspecified atom stereocenters. The molecule has 8 heteroatoms. The molecule has 1 aromatic carbocycles. The summed E-state index contributed by atoms with van der Waals surface area (Å²) >= 11 is 3.09. The van der Waals surface area contributed by atoms with Crippen molar-refractivity contribution < 1.29 is 17.6 Å². The number of benzene rings is 1. The lowest BCUT2D eigenvalue weighted by atomic mass is 9.96. The average molecular weight is 364 g/mol. The molecule has 1 atom stereocenters. The fourth-order valence-electron chi connectivity index (χ4n) is 2.00. The summed E-state index contributed by atoms with van der Waals surface area (Å²) in [5, 5.41) is 0. The Bertz CT molecular complexity index is 625. The molecule has 0 aliphatic carbocycles. The maximum Gasteiger partial charge on any atom is 0.416 e. The molecule has 3 nitrogen and oxygen atoms in total. The summed E-state index contributed by atoms with van der Waals surface area (Å²) in [7, 11) is 0. The van der Waals surface area contributed by atoms with Crippen LogP contribution in [0.5, 0.6) is 0 Å². The summed E-state index contributed by atoms with van der Waals surface area (Å²) in [5.74, 6) is 4.78. The van der Waals surface area contributed by atoms with E-state index < -0.39 is 23.6 Å². The van der Waals surface area contributed by atoms with Crippen molar-refractivity contribution in [2.45, 2.75) is 12.2 Å². The molecular formula is C13H10BrF4N3. The topological polar surface area (TPSA) is 50.9 Å². The van der Waals surface area contributed by atoms with E-state index >= 15 is 0 Å². The summed E-state index contributed by atoms with van der Waals surface area (Å²) in [6, 6.07) is 3.62. The first-order valence-corrected chi connectivity index (χ1v) is 6.55. The Kier molecular flexibility index (Phi) is 4.60. The molecule has 0 spiro atoms. The molecule has 1 aromatic heterocycles. The van der Waals surface area contributed by atoms with Crippen LogP contribution in [0.2, 0.25) is 0 Å². The number of alkyl halides is 3. The van der Waals surface area contributed by atoms with Crippen LogP contribution in [0.4, 0.5) is 17.6 Å². The van der Waals surface area contributed by atoms with Gasteiger partial charge in [0, 0.05) is 22.4 Å². The molecular weight excluding hydrogens is 354 g/mol. The van der Waals surface area contributed by atoms with Crippen LogP contribution < -0.4 is 11.3 Å². The third-order valence-electron chi connectivity index (χ3n) is 2.85. The van der Waals surface area contributed by atoms with Crippen molar-refractivity contribution in [3.63, 3.8) is 0 Å². The average Bonchev–Trinajstić information content (AvgIpc) is 2.38. The van der Waals surface area contributed by atoms with Gasteiger partial charge in [-0.25, -0.2) is 9.82 Å². The van der Waals surface area contributed by atoms with E-state index in [1.807, 2.05) is 0 Å². The third kappa shape index (κ3) is 3.58. The molecule has 2 aromatic rings. The first-order valence-electron chi connectivity index (χ1n) is 5.76. The predicted octanol–water partition coefficient (Wildman–Crippen LogP) is 3.55. The molecule has 1 heterocycles. The van der Waals surface area contributed by atoms with Crippen LogP contribution in [0.1, 0.15) is 22.7 Å². The monoisotopic (exact) mass is 363 g/mol. The second kappa shape index (κ2) is 6.08. The van der Waals surface area contributed by atoms with Gasteiger partial charge in [0.1, 0.15) is 5.82 Å². The van der Waals surface area contributed by atoms with E-state index in [0.29, 0.717) is 4.47 Å². The SMILES string of the molecule is NNC(c1cc(F)cc(Br)c1)c1cnccc1C(F)(F)F. The fourth-order valence-corrected chi connectivity index (χ4v) is 2.49. The second-order valence-corrected chi connectivity index (χ2v) is 5.18. The number of halogens is 5. The van der Waals surface area contributed by atoms with Crippen LogP contribution in [-0.2, 0) is 6.18 Å². The number of aromatic nitrogens is 1. The highest BCUT2D eigenvalue weighted by atomic mass is 79.9. The van der Waals surface area contributed by atoms with Gasteiger partial charge in [-0.1, -0.05) is 15.9 Å². The maximum atomic E-state index is 13.4. The number of hydrogen-bond acceptors (Lipinski definition) is 3. The molecule has 0 saturated carbocycles. The van der Waals surface area contributed by atoms with Gasteiger partial charge in [0.25, 0.3) is 0 Å². The van der Waals surface area contributed by atoms with Gasteiger partial charge in [0.2, 0.25) is 0 Å². The van der Waals surface area contributed by atoms with Crippen molar-refractivity contribution in [3.05, 3.63) is 63.6 Å². The van der Waals surface area contributed by atoms with Crippen LogP contribution >= 0.6 is 15.9 Å². The highest BCUT2D eigenvalue weighted by molar-refractivity contribution is 9.10. The van der Waals surface area contributed by atoms with Gasteiger partial charge in [-0.2, -0.15) is 13.2 Å². The first-order chi connectivity index (χ1) is 9.82. The Morgan fingerprint density at radius 2 is 1.95 bits per heavy atom. The number of nitrogens with two attached hydrogens (primary N) is 1. The minimum absolute atomic E-state index is 0.176. The summed E-state index contributed by atoms with van der Waals surface area (Å²) in [5.41, 5.74) is 1.48. The molecule has 2 rings (SSSR count). The summed E-state index contributed by atoms with van der Waals surface area (Å²) in [4.78, 5) is 3.70. The zero-order chi connectivity index (χ0) is 15.6. The predicted molar refractivity (Wildman–Crippen MR) is 72.5 cm³/mol. The van der Waals surface area contributed by atoms with E-state index in [9.17, 15) is 17.6 Å². The normalized spacial score (nSPS) is 13.2. The van der Waals surface area contributed by atoms with Crippen LogP contribution in [-0.4, -0.2) is 4.98 Å². The number of pyridine rings is 1. The Labute approximate surface area is 126 Å². The van der Waals surface area contributed by atoms with Crippen molar-refractivity contribution in [1.82, 2.24) is 10.4 Å². The summed E-state index contributed by atoms with van der Waals surface area (Å²) < 4.78 is 53.0. The largest absolute Gasteiger partial charge is 0.416 e. The Morgan fingerprint density at radius 3 is 2.52 bits per heavy atom. The minimum Gasteiger partial charge on any atom is -0.271 e. The fraction of sp³-hybridized carbons (Fsp3) is 0.154. The van der Waals surface area contributed by atoms with Crippen molar-refractivity contribution in [2.75, 3.05) is 0 Å². The van der Waals surface area contributed by atoms with Gasteiger partial charge in [-0.15, -0.1) is 0 Å². The molecule has 0 bridgehead atoms. The van der Waals surface area contributed by atoms with Crippen LogP contribution in [0.15, 0.2) is 41.1 Å². The van der Waals surface area contributed by atoms with Crippen LogP contribution in [0.25, 0.3) is 0 Å². The molecule has 0 fully saturated rings. The lowest BCUT2D eigenvalue weighted by Crippen LogP contribution is -2.31. The zero-order valence-electron chi connectivity index (χ0n) is 10.5. The van der Waals surface area contributed by atoms with Crippen molar-refractivity contribution in [1.29, 1.82) is 0 Å². The van der Waals surface area contributed by atoms with Crippen LogP contribution in [0, 0.1) is 5.82 Å². The van der Waals surface area contributed by atoms with Gasteiger partial charge in [0.15, 0.2) is 0 Å². The van der Waals surface area contributed by atoms with E-state index in [2.05, 4.69) is 26.3 Å². The number of rotatable bonds is 3. The van der Waals surface area contributed by atoms with Crippen LogP contribution in [0.3, 0.4) is 0 Å². The smallest absolute Gasteiger partial charge is 0.271 e. The van der Waals surface area contributed by atoms with Gasteiger partial charge in [-0.3, -0.25) is 10.8 Å². The molecule has 0 aliphatic heterocycles. The second-order valence-electron chi connectivity index (χ2n) is 4.26.